The minimum atomic E-state index is -0.271. The zero-order valence-electron chi connectivity index (χ0n) is 11.6. The summed E-state index contributed by atoms with van der Waals surface area (Å²) >= 11 is 5.88. The maximum Gasteiger partial charge on any atom is 0.126 e. The first-order chi connectivity index (χ1) is 9.17. The third kappa shape index (κ3) is 4.68. The molecule has 0 aliphatic heterocycles. The van der Waals surface area contributed by atoms with Crippen LogP contribution in [0.2, 0.25) is 5.02 Å². The molecule has 1 aromatic carbocycles. The summed E-state index contributed by atoms with van der Waals surface area (Å²) in [5.74, 6) is 0.611. The van der Waals surface area contributed by atoms with Crippen molar-refractivity contribution in [2.24, 2.45) is 5.92 Å². The SMILES string of the molecule is CCCC1CCCC(Nc2cc(F)cc(Cl)c2)CC1. The number of anilines is 1. The van der Waals surface area contributed by atoms with E-state index in [1.165, 1.54) is 57.1 Å². The minimum Gasteiger partial charge on any atom is -0.382 e. The van der Waals surface area contributed by atoms with Gasteiger partial charge in [-0.25, -0.2) is 4.39 Å². The van der Waals surface area contributed by atoms with E-state index in [0.29, 0.717) is 11.1 Å². The van der Waals surface area contributed by atoms with Crippen LogP contribution in [0.5, 0.6) is 0 Å². The topological polar surface area (TPSA) is 12.0 Å². The van der Waals surface area contributed by atoms with E-state index in [1.807, 2.05) is 0 Å². The summed E-state index contributed by atoms with van der Waals surface area (Å²) in [6.45, 7) is 2.26. The van der Waals surface area contributed by atoms with Gasteiger partial charge >= 0.3 is 0 Å². The highest BCUT2D eigenvalue weighted by molar-refractivity contribution is 6.30. The minimum absolute atomic E-state index is 0.271. The van der Waals surface area contributed by atoms with Gasteiger partial charge in [0.25, 0.3) is 0 Å². The van der Waals surface area contributed by atoms with Crippen LogP contribution in [0.15, 0.2) is 18.2 Å². The fraction of sp³-hybridized carbons (Fsp3) is 0.625. The van der Waals surface area contributed by atoms with Crippen molar-refractivity contribution in [1.29, 1.82) is 0 Å². The van der Waals surface area contributed by atoms with Crippen LogP contribution in [0.25, 0.3) is 0 Å². The second kappa shape index (κ2) is 7.14. The summed E-state index contributed by atoms with van der Waals surface area (Å²) in [6.07, 6.45) is 8.88. The standard InChI is InChI=1S/C16H23ClFN/c1-2-4-12-5-3-6-15(8-7-12)19-16-10-13(17)9-14(18)11-16/h9-12,15,19H,2-8H2,1H3. The Morgan fingerprint density at radius 1 is 1.21 bits per heavy atom. The van der Waals surface area contributed by atoms with E-state index in [0.717, 1.165) is 11.6 Å². The molecule has 0 amide bonds. The molecule has 0 heterocycles. The van der Waals surface area contributed by atoms with Gasteiger partial charge in [-0.05, 0) is 43.4 Å². The van der Waals surface area contributed by atoms with Gasteiger partial charge in [-0.2, -0.15) is 0 Å². The Hall–Kier alpha value is -0.760. The fourth-order valence-corrected chi connectivity index (χ4v) is 3.31. The van der Waals surface area contributed by atoms with E-state index in [9.17, 15) is 4.39 Å². The van der Waals surface area contributed by atoms with Gasteiger partial charge in [0.2, 0.25) is 0 Å². The van der Waals surface area contributed by atoms with Crippen molar-refractivity contribution < 1.29 is 4.39 Å². The molecule has 2 atom stereocenters. The zero-order chi connectivity index (χ0) is 13.7. The second-order valence-electron chi connectivity index (χ2n) is 5.66. The molecule has 1 saturated carbocycles. The number of hydrogen-bond acceptors (Lipinski definition) is 1. The van der Waals surface area contributed by atoms with Gasteiger partial charge in [-0.1, -0.05) is 44.2 Å². The van der Waals surface area contributed by atoms with Crippen LogP contribution in [-0.2, 0) is 0 Å². The van der Waals surface area contributed by atoms with Crippen LogP contribution in [0.3, 0.4) is 0 Å². The van der Waals surface area contributed by atoms with Crippen LogP contribution in [0, 0.1) is 11.7 Å². The molecule has 1 aliphatic carbocycles. The molecule has 3 heteroatoms. The van der Waals surface area contributed by atoms with Crippen molar-refractivity contribution in [2.45, 2.75) is 57.9 Å². The molecule has 19 heavy (non-hydrogen) atoms. The molecule has 0 saturated heterocycles. The lowest BCUT2D eigenvalue weighted by atomic mass is 9.95. The van der Waals surface area contributed by atoms with Crippen molar-refractivity contribution >= 4 is 17.3 Å². The fourth-order valence-electron chi connectivity index (χ4n) is 3.09. The number of rotatable bonds is 4. The Morgan fingerprint density at radius 2 is 2.05 bits per heavy atom. The predicted octanol–water partition coefficient (Wildman–Crippen LogP) is 5.64. The van der Waals surface area contributed by atoms with E-state index in [1.54, 1.807) is 6.07 Å². The monoisotopic (exact) mass is 283 g/mol. The molecule has 2 rings (SSSR count). The Labute approximate surface area is 120 Å². The molecule has 1 N–H and O–H groups in total. The highest BCUT2D eigenvalue weighted by Gasteiger charge is 2.18. The third-order valence-electron chi connectivity index (χ3n) is 4.02. The highest BCUT2D eigenvalue weighted by atomic mass is 35.5. The van der Waals surface area contributed by atoms with E-state index >= 15 is 0 Å². The van der Waals surface area contributed by atoms with Crippen molar-refractivity contribution in [3.05, 3.63) is 29.0 Å². The molecule has 1 aromatic rings. The lowest BCUT2D eigenvalue weighted by Crippen LogP contribution is -2.18. The van der Waals surface area contributed by atoms with Crippen LogP contribution < -0.4 is 5.32 Å². The number of halogens is 2. The summed E-state index contributed by atoms with van der Waals surface area (Å²) < 4.78 is 13.3. The summed E-state index contributed by atoms with van der Waals surface area (Å²) in [4.78, 5) is 0. The molecule has 1 fully saturated rings. The van der Waals surface area contributed by atoms with E-state index in [-0.39, 0.29) is 5.82 Å². The van der Waals surface area contributed by atoms with Gasteiger partial charge in [0, 0.05) is 16.8 Å². The zero-order valence-corrected chi connectivity index (χ0v) is 12.3. The van der Waals surface area contributed by atoms with Gasteiger partial charge in [-0.3, -0.25) is 0 Å². The molecule has 0 spiro atoms. The summed E-state index contributed by atoms with van der Waals surface area (Å²) in [5.41, 5.74) is 0.809. The van der Waals surface area contributed by atoms with Crippen molar-refractivity contribution in [3.8, 4) is 0 Å². The first-order valence-corrected chi connectivity index (χ1v) is 7.78. The lowest BCUT2D eigenvalue weighted by Gasteiger charge is -2.18. The van der Waals surface area contributed by atoms with Gasteiger partial charge in [-0.15, -0.1) is 0 Å². The molecular formula is C16H23ClFN. The molecule has 2 unspecified atom stereocenters. The molecule has 1 aliphatic rings. The van der Waals surface area contributed by atoms with Crippen molar-refractivity contribution in [2.75, 3.05) is 5.32 Å². The molecule has 0 bridgehead atoms. The predicted molar refractivity (Wildman–Crippen MR) is 80.3 cm³/mol. The van der Waals surface area contributed by atoms with Gasteiger partial charge < -0.3 is 5.32 Å². The Morgan fingerprint density at radius 3 is 2.79 bits per heavy atom. The van der Waals surface area contributed by atoms with Crippen LogP contribution in [0.1, 0.15) is 51.9 Å². The van der Waals surface area contributed by atoms with E-state index < -0.39 is 0 Å². The van der Waals surface area contributed by atoms with Crippen LogP contribution in [-0.4, -0.2) is 6.04 Å². The number of nitrogens with one attached hydrogen (secondary N) is 1. The normalized spacial score (nSPS) is 23.9. The molecule has 106 valence electrons. The smallest absolute Gasteiger partial charge is 0.126 e. The maximum atomic E-state index is 13.3. The first-order valence-electron chi connectivity index (χ1n) is 7.40. The average molecular weight is 284 g/mol. The molecule has 0 radical (unpaired) electrons. The molecule has 1 nitrogen and oxygen atoms in total. The van der Waals surface area contributed by atoms with E-state index in [4.69, 9.17) is 11.6 Å². The van der Waals surface area contributed by atoms with Gasteiger partial charge in [0.15, 0.2) is 0 Å². The Balaban J connectivity index is 1.92. The van der Waals surface area contributed by atoms with Gasteiger partial charge in [0.05, 0.1) is 0 Å². The summed E-state index contributed by atoms with van der Waals surface area (Å²) in [5, 5.41) is 3.90. The van der Waals surface area contributed by atoms with Crippen LogP contribution >= 0.6 is 11.6 Å². The third-order valence-corrected chi connectivity index (χ3v) is 4.24. The van der Waals surface area contributed by atoms with E-state index in [2.05, 4.69) is 12.2 Å². The maximum absolute atomic E-state index is 13.3. The summed E-state index contributed by atoms with van der Waals surface area (Å²) in [7, 11) is 0. The Bertz CT molecular complexity index is 387. The quantitative estimate of drug-likeness (QED) is 0.705. The highest BCUT2D eigenvalue weighted by Crippen LogP contribution is 2.29. The number of hydrogen-bond donors (Lipinski definition) is 1. The number of benzene rings is 1. The van der Waals surface area contributed by atoms with Gasteiger partial charge in [0.1, 0.15) is 5.82 Å². The average Bonchev–Trinajstić information content (AvgIpc) is 2.54. The first kappa shape index (κ1) is 14.6. The second-order valence-corrected chi connectivity index (χ2v) is 6.10. The largest absolute Gasteiger partial charge is 0.382 e. The Kier molecular flexibility index (Phi) is 5.50. The summed E-state index contributed by atoms with van der Waals surface area (Å²) in [6, 6.07) is 5.14. The molecule has 0 aromatic heterocycles. The van der Waals surface area contributed by atoms with Crippen molar-refractivity contribution in [3.63, 3.8) is 0 Å². The van der Waals surface area contributed by atoms with Crippen molar-refractivity contribution in [1.82, 2.24) is 0 Å². The lowest BCUT2D eigenvalue weighted by molar-refractivity contribution is 0.422. The van der Waals surface area contributed by atoms with Crippen LogP contribution in [0.4, 0.5) is 10.1 Å². The molecular weight excluding hydrogens is 261 g/mol.